The van der Waals surface area contributed by atoms with Crippen LogP contribution in [0.25, 0.3) is 0 Å². The Morgan fingerprint density at radius 1 is 0.903 bits per heavy atom. The van der Waals surface area contributed by atoms with Gasteiger partial charge < -0.3 is 10.1 Å². The Balaban J connectivity index is 1.60. The molecule has 0 saturated heterocycles. The van der Waals surface area contributed by atoms with Gasteiger partial charge in [-0.05, 0) is 61.7 Å². The number of hydrogen-bond acceptors (Lipinski definition) is 4. The zero-order valence-corrected chi connectivity index (χ0v) is 18.6. The quantitative estimate of drug-likeness (QED) is 0.554. The van der Waals surface area contributed by atoms with Gasteiger partial charge in [0.2, 0.25) is 10.0 Å². The second-order valence-corrected chi connectivity index (χ2v) is 9.16. The Morgan fingerprint density at radius 3 is 2.32 bits per heavy atom. The molecule has 0 aromatic heterocycles. The number of carbonyl (C=O) groups is 1. The van der Waals surface area contributed by atoms with E-state index in [0.717, 1.165) is 22.4 Å². The Hall–Kier alpha value is -3.16. The fourth-order valence-electron chi connectivity index (χ4n) is 3.09. The van der Waals surface area contributed by atoms with Crippen molar-refractivity contribution in [3.63, 3.8) is 0 Å². The van der Waals surface area contributed by atoms with Gasteiger partial charge in [0, 0.05) is 12.2 Å². The Kier molecular flexibility index (Phi) is 7.09. The minimum atomic E-state index is -3.66. The number of nitrogens with one attached hydrogen (secondary N) is 2. The molecule has 0 spiro atoms. The van der Waals surface area contributed by atoms with Crippen LogP contribution in [0.4, 0.5) is 5.69 Å². The second kappa shape index (κ2) is 9.76. The van der Waals surface area contributed by atoms with Crippen LogP contribution in [0.15, 0.2) is 71.6 Å². The summed E-state index contributed by atoms with van der Waals surface area (Å²) in [6, 6.07) is 19.6. The van der Waals surface area contributed by atoms with Crippen molar-refractivity contribution in [2.45, 2.75) is 32.2 Å². The van der Waals surface area contributed by atoms with Crippen LogP contribution in [0.5, 0.6) is 5.75 Å². The number of aryl methyl sites for hydroxylation is 3. The largest absolute Gasteiger partial charge is 0.483 e. The first-order valence-corrected chi connectivity index (χ1v) is 11.4. The van der Waals surface area contributed by atoms with Crippen LogP contribution in [-0.2, 0) is 21.4 Å². The van der Waals surface area contributed by atoms with E-state index in [0.29, 0.717) is 11.3 Å². The lowest BCUT2D eigenvalue weighted by atomic mass is 10.1. The Labute approximate surface area is 183 Å². The van der Waals surface area contributed by atoms with Crippen LogP contribution in [-0.4, -0.2) is 20.9 Å². The molecule has 0 aliphatic carbocycles. The van der Waals surface area contributed by atoms with Crippen molar-refractivity contribution >= 4 is 21.6 Å². The highest BCUT2D eigenvalue weighted by Crippen LogP contribution is 2.22. The molecule has 0 atom stereocenters. The molecule has 0 heterocycles. The summed E-state index contributed by atoms with van der Waals surface area (Å²) in [6.45, 7) is 5.70. The first kappa shape index (κ1) is 22.5. The summed E-state index contributed by atoms with van der Waals surface area (Å²) in [7, 11) is -3.66. The van der Waals surface area contributed by atoms with Crippen molar-refractivity contribution in [1.29, 1.82) is 0 Å². The van der Waals surface area contributed by atoms with E-state index in [2.05, 4.69) is 10.0 Å². The molecule has 2 N–H and O–H groups in total. The highest BCUT2D eigenvalue weighted by molar-refractivity contribution is 7.89. The molecule has 7 heteroatoms. The number of ether oxygens (including phenoxy) is 1. The second-order valence-electron chi connectivity index (χ2n) is 7.39. The summed E-state index contributed by atoms with van der Waals surface area (Å²) in [5, 5.41) is 2.83. The van der Waals surface area contributed by atoms with Gasteiger partial charge in [0.15, 0.2) is 6.61 Å². The van der Waals surface area contributed by atoms with E-state index in [1.807, 2.05) is 62.4 Å². The molecule has 6 nitrogen and oxygen atoms in total. The zero-order chi connectivity index (χ0) is 22.4. The summed E-state index contributed by atoms with van der Waals surface area (Å²) < 4.78 is 33.4. The number of hydrogen-bond donors (Lipinski definition) is 2. The van der Waals surface area contributed by atoms with Crippen molar-refractivity contribution < 1.29 is 17.9 Å². The van der Waals surface area contributed by atoms with Crippen molar-refractivity contribution in [3.8, 4) is 5.75 Å². The van der Waals surface area contributed by atoms with Crippen LogP contribution in [0.3, 0.4) is 0 Å². The maximum Gasteiger partial charge on any atom is 0.262 e. The first-order chi connectivity index (χ1) is 14.7. The predicted molar refractivity (Wildman–Crippen MR) is 122 cm³/mol. The van der Waals surface area contributed by atoms with Gasteiger partial charge in [-0.25, -0.2) is 13.1 Å². The Bertz CT molecular complexity index is 1180. The lowest BCUT2D eigenvalue weighted by Gasteiger charge is -2.13. The molecule has 0 radical (unpaired) electrons. The molecule has 0 bridgehead atoms. The summed E-state index contributed by atoms with van der Waals surface area (Å²) in [4.78, 5) is 12.4. The molecule has 162 valence electrons. The normalized spacial score (nSPS) is 11.2. The average Bonchev–Trinajstić information content (AvgIpc) is 2.74. The van der Waals surface area contributed by atoms with Crippen LogP contribution in [0.1, 0.15) is 22.3 Å². The monoisotopic (exact) mass is 438 g/mol. The third kappa shape index (κ3) is 6.16. The number of benzene rings is 3. The van der Waals surface area contributed by atoms with Crippen molar-refractivity contribution in [1.82, 2.24) is 4.72 Å². The third-order valence-corrected chi connectivity index (χ3v) is 6.18. The minimum absolute atomic E-state index is 0.146. The lowest BCUT2D eigenvalue weighted by molar-refractivity contribution is -0.118. The van der Waals surface area contributed by atoms with Gasteiger partial charge >= 0.3 is 0 Å². The molecule has 0 unspecified atom stereocenters. The van der Waals surface area contributed by atoms with Gasteiger partial charge in [-0.3, -0.25) is 4.79 Å². The van der Waals surface area contributed by atoms with Gasteiger partial charge in [-0.15, -0.1) is 0 Å². The lowest BCUT2D eigenvalue weighted by Crippen LogP contribution is -2.23. The highest BCUT2D eigenvalue weighted by atomic mass is 32.2. The van der Waals surface area contributed by atoms with Crippen LogP contribution < -0.4 is 14.8 Å². The maximum absolute atomic E-state index is 12.6. The van der Waals surface area contributed by atoms with Gasteiger partial charge in [0.05, 0.1) is 4.90 Å². The van der Waals surface area contributed by atoms with E-state index in [1.165, 1.54) is 12.1 Å². The fraction of sp³-hybridized carbons (Fsp3) is 0.208. The van der Waals surface area contributed by atoms with Crippen LogP contribution >= 0.6 is 0 Å². The SMILES string of the molecule is Cc1ccc(NC(=O)COc2ccc(S(=O)(=O)NCc3ccccc3)cc2C)c(C)c1. The molecule has 0 fully saturated rings. The van der Waals surface area contributed by atoms with Crippen molar-refractivity contribution in [2.24, 2.45) is 0 Å². The number of sulfonamides is 1. The topological polar surface area (TPSA) is 84.5 Å². The summed E-state index contributed by atoms with van der Waals surface area (Å²) in [5.41, 5.74) is 4.33. The van der Waals surface area contributed by atoms with E-state index in [1.54, 1.807) is 13.0 Å². The van der Waals surface area contributed by atoms with Crippen LogP contribution in [0.2, 0.25) is 0 Å². The summed E-state index contributed by atoms with van der Waals surface area (Å²) in [6.07, 6.45) is 0. The average molecular weight is 439 g/mol. The smallest absolute Gasteiger partial charge is 0.262 e. The van der Waals surface area contributed by atoms with Gasteiger partial charge in [0.1, 0.15) is 5.75 Å². The molecular weight excluding hydrogens is 412 g/mol. The molecule has 3 aromatic rings. The minimum Gasteiger partial charge on any atom is -0.483 e. The third-order valence-electron chi connectivity index (χ3n) is 4.78. The van der Waals surface area contributed by atoms with E-state index in [4.69, 9.17) is 4.74 Å². The number of anilines is 1. The van der Waals surface area contributed by atoms with Crippen molar-refractivity contribution in [3.05, 3.63) is 89.0 Å². The number of rotatable bonds is 8. The number of carbonyl (C=O) groups excluding carboxylic acids is 1. The van der Waals surface area contributed by atoms with E-state index < -0.39 is 10.0 Å². The Morgan fingerprint density at radius 2 is 1.65 bits per heavy atom. The standard InChI is InChI=1S/C24H26N2O4S/c1-17-9-11-22(18(2)13-17)26-24(27)16-30-23-12-10-21(14-19(23)3)31(28,29)25-15-20-7-5-4-6-8-20/h4-14,25H,15-16H2,1-3H3,(H,26,27). The van der Waals surface area contributed by atoms with E-state index >= 15 is 0 Å². The van der Waals surface area contributed by atoms with Gasteiger partial charge in [-0.1, -0.05) is 48.0 Å². The highest BCUT2D eigenvalue weighted by Gasteiger charge is 2.16. The molecule has 31 heavy (non-hydrogen) atoms. The van der Waals surface area contributed by atoms with Gasteiger partial charge in [0.25, 0.3) is 5.91 Å². The van der Waals surface area contributed by atoms with Crippen LogP contribution in [0, 0.1) is 20.8 Å². The molecule has 1 amide bonds. The van der Waals surface area contributed by atoms with Gasteiger partial charge in [-0.2, -0.15) is 0 Å². The first-order valence-electron chi connectivity index (χ1n) is 9.89. The molecule has 3 rings (SSSR count). The zero-order valence-electron chi connectivity index (χ0n) is 17.8. The van der Waals surface area contributed by atoms with E-state index in [-0.39, 0.29) is 24.0 Å². The number of amides is 1. The molecular formula is C24H26N2O4S. The molecule has 3 aromatic carbocycles. The van der Waals surface area contributed by atoms with E-state index in [9.17, 15) is 13.2 Å². The van der Waals surface area contributed by atoms with Crippen molar-refractivity contribution in [2.75, 3.05) is 11.9 Å². The summed E-state index contributed by atoms with van der Waals surface area (Å²) >= 11 is 0. The molecule has 0 aliphatic rings. The fourth-order valence-corrected chi connectivity index (χ4v) is 4.19. The predicted octanol–water partition coefficient (Wildman–Crippen LogP) is 4.11. The summed E-state index contributed by atoms with van der Waals surface area (Å²) in [5.74, 6) is 0.172. The molecule has 0 aliphatic heterocycles. The molecule has 0 saturated carbocycles. The maximum atomic E-state index is 12.6.